The molecular formula is C12H28ClNO3. The Labute approximate surface area is 111 Å². The van der Waals surface area contributed by atoms with Crippen LogP contribution in [-0.4, -0.2) is 23.1 Å². The highest BCUT2D eigenvalue weighted by Gasteiger charge is 1.96. The van der Waals surface area contributed by atoms with Gasteiger partial charge in [-0.25, -0.2) is 0 Å². The molecule has 0 fully saturated rings. The summed E-state index contributed by atoms with van der Waals surface area (Å²) in [6.07, 6.45) is 11.0. The van der Waals surface area contributed by atoms with Crippen LogP contribution in [0, 0.1) is 0 Å². The van der Waals surface area contributed by atoms with Crippen LogP contribution in [-0.2, 0) is 4.79 Å². The number of hydrogen-bond acceptors (Lipinski definition) is 2. The highest BCUT2D eigenvalue weighted by Crippen LogP contribution is 2.10. The van der Waals surface area contributed by atoms with Crippen molar-refractivity contribution in [1.29, 1.82) is 0 Å². The Hall–Kier alpha value is -0.320. The van der Waals surface area contributed by atoms with Crippen LogP contribution in [0.4, 0.5) is 0 Å². The van der Waals surface area contributed by atoms with Gasteiger partial charge in [0.25, 0.3) is 0 Å². The number of carbonyl (C=O) groups is 1. The van der Waals surface area contributed by atoms with Gasteiger partial charge in [0.15, 0.2) is 0 Å². The van der Waals surface area contributed by atoms with Crippen LogP contribution in [0.2, 0.25) is 0 Å². The van der Waals surface area contributed by atoms with Crippen LogP contribution in [0.25, 0.3) is 0 Å². The quantitative estimate of drug-likeness (QED) is 0.564. The molecule has 0 bridgehead atoms. The Morgan fingerprint density at radius 1 is 0.824 bits per heavy atom. The predicted octanol–water partition coefficient (Wildman–Crippen LogP) is 2.53. The second-order valence-corrected chi connectivity index (χ2v) is 4.11. The monoisotopic (exact) mass is 269 g/mol. The molecule has 0 spiro atoms. The SMILES string of the molecule is Cl.NCCCCCCCCCCCC(=O)O.O. The number of nitrogens with two attached hydrogens (primary N) is 1. The number of carboxylic acid groups (broad SMARTS) is 1. The maximum absolute atomic E-state index is 10.2. The third kappa shape index (κ3) is 21.5. The fraction of sp³-hybridized carbons (Fsp3) is 0.917. The van der Waals surface area contributed by atoms with Gasteiger partial charge >= 0.3 is 5.97 Å². The summed E-state index contributed by atoms with van der Waals surface area (Å²) in [5.74, 6) is -0.670. The van der Waals surface area contributed by atoms with Crippen LogP contribution in [0.3, 0.4) is 0 Å². The van der Waals surface area contributed by atoms with Crippen molar-refractivity contribution in [3.05, 3.63) is 0 Å². The van der Waals surface area contributed by atoms with Crippen LogP contribution in [0.5, 0.6) is 0 Å². The average molecular weight is 270 g/mol. The van der Waals surface area contributed by atoms with Gasteiger partial charge < -0.3 is 16.3 Å². The summed E-state index contributed by atoms with van der Waals surface area (Å²) >= 11 is 0. The Kier molecular flexibility index (Phi) is 23.3. The first kappa shape index (κ1) is 21.9. The summed E-state index contributed by atoms with van der Waals surface area (Å²) in [6, 6.07) is 0. The third-order valence-corrected chi connectivity index (χ3v) is 2.59. The van der Waals surface area contributed by atoms with Crippen LogP contribution >= 0.6 is 12.4 Å². The molecule has 0 amide bonds. The molecule has 0 heterocycles. The van der Waals surface area contributed by atoms with Crippen LogP contribution < -0.4 is 5.73 Å². The normalized spacial score (nSPS) is 9.24. The van der Waals surface area contributed by atoms with Gasteiger partial charge in [0.1, 0.15) is 0 Å². The van der Waals surface area contributed by atoms with Crippen LogP contribution in [0.1, 0.15) is 64.2 Å². The summed E-state index contributed by atoms with van der Waals surface area (Å²) in [5.41, 5.74) is 5.40. The second kappa shape index (κ2) is 18.1. The fourth-order valence-corrected chi connectivity index (χ4v) is 1.66. The number of unbranched alkanes of at least 4 members (excludes halogenated alkanes) is 8. The number of rotatable bonds is 11. The molecule has 0 aromatic heterocycles. The van der Waals surface area contributed by atoms with Gasteiger partial charge in [-0.1, -0.05) is 44.9 Å². The molecule has 5 N–H and O–H groups in total. The smallest absolute Gasteiger partial charge is 0.303 e. The summed E-state index contributed by atoms with van der Waals surface area (Å²) in [4.78, 5) is 10.2. The van der Waals surface area contributed by atoms with Gasteiger partial charge in [0, 0.05) is 6.42 Å². The predicted molar refractivity (Wildman–Crippen MR) is 73.7 cm³/mol. The van der Waals surface area contributed by atoms with E-state index in [2.05, 4.69) is 0 Å². The molecule has 17 heavy (non-hydrogen) atoms. The van der Waals surface area contributed by atoms with E-state index in [1.54, 1.807) is 0 Å². The van der Waals surface area contributed by atoms with E-state index >= 15 is 0 Å². The average Bonchev–Trinajstić information content (AvgIpc) is 2.20. The van der Waals surface area contributed by atoms with Crippen molar-refractivity contribution in [1.82, 2.24) is 0 Å². The molecule has 0 saturated heterocycles. The zero-order chi connectivity index (χ0) is 11.4. The summed E-state index contributed by atoms with van der Waals surface area (Å²) in [6.45, 7) is 0.815. The number of hydrogen-bond donors (Lipinski definition) is 2. The lowest BCUT2D eigenvalue weighted by Crippen LogP contribution is -1.97. The summed E-state index contributed by atoms with van der Waals surface area (Å²) in [7, 11) is 0. The lowest BCUT2D eigenvalue weighted by atomic mass is 10.1. The highest BCUT2D eigenvalue weighted by atomic mass is 35.5. The fourth-order valence-electron chi connectivity index (χ4n) is 1.66. The van der Waals surface area contributed by atoms with Gasteiger partial charge in [0.05, 0.1) is 0 Å². The number of carboxylic acids is 1. The Morgan fingerprint density at radius 2 is 1.18 bits per heavy atom. The van der Waals surface area contributed by atoms with Crippen molar-refractivity contribution < 1.29 is 15.4 Å². The van der Waals surface area contributed by atoms with E-state index in [1.165, 1.54) is 38.5 Å². The molecule has 0 aliphatic heterocycles. The Morgan fingerprint density at radius 3 is 1.53 bits per heavy atom. The van der Waals surface area contributed by atoms with Gasteiger partial charge in [0.2, 0.25) is 0 Å². The largest absolute Gasteiger partial charge is 0.481 e. The van der Waals surface area contributed by atoms with E-state index in [9.17, 15) is 4.79 Å². The molecule has 4 nitrogen and oxygen atoms in total. The van der Waals surface area contributed by atoms with E-state index < -0.39 is 5.97 Å². The summed E-state index contributed by atoms with van der Waals surface area (Å²) < 4.78 is 0. The molecule has 0 aliphatic rings. The molecule has 0 unspecified atom stereocenters. The van der Waals surface area contributed by atoms with Crippen molar-refractivity contribution in [3.8, 4) is 0 Å². The maximum atomic E-state index is 10.2. The molecule has 0 aromatic rings. The zero-order valence-corrected chi connectivity index (χ0v) is 11.4. The molecule has 0 aromatic carbocycles. The zero-order valence-electron chi connectivity index (χ0n) is 10.6. The topological polar surface area (TPSA) is 94.8 Å². The van der Waals surface area contributed by atoms with Crippen molar-refractivity contribution >= 4 is 18.4 Å². The number of halogens is 1. The van der Waals surface area contributed by atoms with E-state index in [0.29, 0.717) is 6.42 Å². The van der Waals surface area contributed by atoms with Crippen molar-refractivity contribution in [3.63, 3.8) is 0 Å². The Bertz CT molecular complexity index is 157. The second-order valence-electron chi connectivity index (χ2n) is 4.11. The minimum absolute atomic E-state index is 0. The van der Waals surface area contributed by atoms with Crippen molar-refractivity contribution in [2.24, 2.45) is 5.73 Å². The van der Waals surface area contributed by atoms with Crippen LogP contribution in [0.15, 0.2) is 0 Å². The van der Waals surface area contributed by atoms with E-state index in [-0.39, 0.29) is 17.9 Å². The molecule has 5 heteroatoms. The Balaban J connectivity index is -0.000000980. The lowest BCUT2D eigenvalue weighted by molar-refractivity contribution is -0.137. The first-order valence-corrected chi connectivity index (χ1v) is 6.19. The molecule has 0 aliphatic carbocycles. The van der Waals surface area contributed by atoms with Gasteiger partial charge in [-0.05, 0) is 19.4 Å². The molecule has 0 saturated carbocycles. The van der Waals surface area contributed by atoms with E-state index in [4.69, 9.17) is 10.8 Å². The summed E-state index contributed by atoms with van der Waals surface area (Å²) in [5, 5.41) is 8.43. The lowest BCUT2D eigenvalue weighted by Gasteiger charge is -2.01. The first-order chi connectivity index (χ1) is 7.27. The highest BCUT2D eigenvalue weighted by molar-refractivity contribution is 5.85. The number of aliphatic carboxylic acids is 1. The van der Waals surface area contributed by atoms with Gasteiger partial charge in [-0.3, -0.25) is 4.79 Å². The van der Waals surface area contributed by atoms with E-state index in [1.807, 2.05) is 0 Å². The van der Waals surface area contributed by atoms with Gasteiger partial charge in [-0.2, -0.15) is 0 Å². The standard InChI is InChI=1S/C12H25NO2.ClH.H2O/c13-11-9-7-5-3-1-2-4-6-8-10-12(14)15;;/h1-11,13H2,(H,14,15);1H;1H2. The van der Waals surface area contributed by atoms with Crippen molar-refractivity contribution in [2.45, 2.75) is 64.2 Å². The van der Waals surface area contributed by atoms with E-state index in [0.717, 1.165) is 25.8 Å². The molecule has 0 atom stereocenters. The molecule has 0 radical (unpaired) electrons. The maximum Gasteiger partial charge on any atom is 0.303 e. The minimum atomic E-state index is -0.670. The molecule has 106 valence electrons. The molecular weight excluding hydrogens is 242 g/mol. The molecule has 0 rings (SSSR count). The third-order valence-electron chi connectivity index (χ3n) is 2.59. The van der Waals surface area contributed by atoms with Crippen molar-refractivity contribution in [2.75, 3.05) is 6.54 Å². The van der Waals surface area contributed by atoms with Gasteiger partial charge in [-0.15, -0.1) is 12.4 Å². The first-order valence-electron chi connectivity index (χ1n) is 6.19. The minimum Gasteiger partial charge on any atom is -0.481 e.